The average Bonchev–Trinajstić information content (AvgIpc) is 3.18. The standard InChI is InChI=1S/C33H28N4O4/c38-31(39)30-23-34(32(40)36(26-13-3-1-4-14-26)27-15-5-2-6-16-27)21-22-35(30)33(41)37-28-17-9-7-11-24(28)19-20-25-12-8-10-18-29(25)37/h1-20,30H,21-23H2,(H,38,39)/t30-/m1/s1. The molecular formula is C33H28N4O4. The molecule has 1 fully saturated rings. The molecule has 2 aliphatic heterocycles. The number of benzene rings is 4. The van der Waals surface area contributed by atoms with Crippen LogP contribution in [0.25, 0.3) is 12.2 Å². The van der Waals surface area contributed by atoms with Crippen LogP contribution in [-0.2, 0) is 4.79 Å². The van der Waals surface area contributed by atoms with Crippen LogP contribution in [0, 0.1) is 0 Å². The van der Waals surface area contributed by atoms with Crippen LogP contribution >= 0.6 is 0 Å². The number of carboxylic acids is 1. The summed E-state index contributed by atoms with van der Waals surface area (Å²) in [5.41, 5.74) is 4.36. The number of rotatable bonds is 3. The fourth-order valence-corrected chi connectivity index (χ4v) is 5.37. The van der Waals surface area contributed by atoms with Gasteiger partial charge in [0, 0.05) is 13.1 Å². The number of hydrogen-bond acceptors (Lipinski definition) is 3. The molecule has 4 aromatic rings. The van der Waals surface area contributed by atoms with E-state index < -0.39 is 18.0 Å². The number of piperazine rings is 1. The van der Waals surface area contributed by atoms with E-state index in [2.05, 4.69) is 0 Å². The highest BCUT2D eigenvalue weighted by atomic mass is 16.4. The van der Waals surface area contributed by atoms with Crippen LogP contribution in [0.5, 0.6) is 0 Å². The first-order valence-corrected chi connectivity index (χ1v) is 13.4. The van der Waals surface area contributed by atoms with Gasteiger partial charge in [-0.2, -0.15) is 0 Å². The van der Waals surface area contributed by atoms with E-state index in [4.69, 9.17) is 0 Å². The maximum Gasteiger partial charge on any atom is 0.330 e. The van der Waals surface area contributed by atoms with E-state index >= 15 is 0 Å². The first-order chi connectivity index (χ1) is 20.0. The number of aliphatic carboxylic acids is 1. The van der Waals surface area contributed by atoms with E-state index in [1.807, 2.05) is 121 Å². The molecule has 4 aromatic carbocycles. The van der Waals surface area contributed by atoms with Gasteiger partial charge in [-0.05, 0) is 47.5 Å². The summed E-state index contributed by atoms with van der Waals surface area (Å²) in [6, 6.07) is 31.5. The zero-order valence-corrected chi connectivity index (χ0v) is 22.2. The molecule has 0 aromatic heterocycles. The minimum Gasteiger partial charge on any atom is -0.480 e. The second-order valence-electron chi connectivity index (χ2n) is 9.85. The van der Waals surface area contributed by atoms with Gasteiger partial charge in [-0.1, -0.05) is 84.9 Å². The van der Waals surface area contributed by atoms with Gasteiger partial charge in [0.25, 0.3) is 0 Å². The molecular weight excluding hydrogens is 516 g/mol. The monoisotopic (exact) mass is 544 g/mol. The van der Waals surface area contributed by atoms with Crippen molar-refractivity contribution in [3.63, 3.8) is 0 Å². The van der Waals surface area contributed by atoms with Crippen LogP contribution in [0.3, 0.4) is 0 Å². The summed E-state index contributed by atoms with van der Waals surface area (Å²) in [5, 5.41) is 10.3. The smallest absolute Gasteiger partial charge is 0.330 e. The zero-order chi connectivity index (χ0) is 28.3. The van der Waals surface area contributed by atoms with Crippen molar-refractivity contribution < 1.29 is 19.5 Å². The molecule has 204 valence electrons. The minimum atomic E-state index is -1.23. The Kier molecular flexibility index (Phi) is 6.95. The van der Waals surface area contributed by atoms with Crippen molar-refractivity contribution >= 4 is 52.9 Å². The Balaban J connectivity index is 1.32. The van der Waals surface area contributed by atoms with E-state index in [0.29, 0.717) is 22.7 Å². The second kappa shape index (κ2) is 11.0. The predicted octanol–water partition coefficient (Wildman–Crippen LogP) is 6.46. The van der Waals surface area contributed by atoms with Crippen molar-refractivity contribution in [2.24, 2.45) is 0 Å². The van der Waals surface area contributed by atoms with E-state index in [9.17, 15) is 19.5 Å². The summed E-state index contributed by atoms with van der Waals surface area (Å²) in [5.74, 6) is -1.17. The third-order valence-corrected chi connectivity index (χ3v) is 7.39. The lowest BCUT2D eigenvalue weighted by Gasteiger charge is -2.42. The highest BCUT2D eigenvalue weighted by Crippen LogP contribution is 2.37. The molecule has 2 heterocycles. The van der Waals surface area contributed by atoms with Crippen LogP contribution in [-0.4, -0.2) is 58.6 Å². The highest BCUT2D eigenvalue weighted by Gasteiger charge is 2.41. The Hall–Kier alpha value is -5.37. The molecule has 0 spiro atoms. The molecule has 0 bridgehead atoms. The topological polar surface area (TPSA) is 84.4 Å². The second-order valence-corrected chi connectivity index (χ2v) is 9.85. The van der Waals surface area contributed by atoms with Gasteiger partial charge in [-0.15, -0.1) is 0 Å². The van der Waals surface area contributed by atoms with Gasteiger partial charge in [0.2, 0.25) is 0 Å². The SMILES string of the molecule is O=C(O)[C@H]1CN(C(=O)N(c2ccccc2)c2ccccc2)CCN1C(=O)N1c2ccccc2C=Cc2ccccc21. The highest BCUT2D eigenvalue weighted by molar-refractivity contribution is 6.07. The molecule has 0 unspecified atom stereocenters. The lowest BCUT2D eigenvalue weighted by molar-refractivity contribution is -0.143. The van der Waals surface area contributed by atoms with Crippen molar-refractivity contribution in [1.82, 2.24) is 9.80 Å². The summed E-state index contributed by atoms with van der Waals surface area (Å²) in [4.78, 5) is 46.8. The zero-order valence-electron chi connectivity index (χ0n) is 22.2. The van der Waals surface area contributed by atoms with Gasteiger partial charge in [-0.3, -0.25) is 9.80 Å². The fraction of sp³-hybridized carbons (Fsp3) is 0.121. The normalized spacial score (nSPS) is 15.9. The number of carboxylic acid groups (broad SMARTS) is 1. The molecule has 1 saturated heterocycles. The van der Waals surface area contributed by atoms with Crippen LogP contribution in [0.15, 0.2) is 109 Å². The quantitative estimate of drug-likeness (QED) is 0.321. The molecule has 2 aliphatic rings. The van der Waals surface area contributed by atoms with Crippen molar-refractivity contribution in [2.75, 3.05) is 29.4 Å². The summed E-state index contributed by atoms with van der Waals surface area (Å²) in [6.45, 7) is 0.0958. The Morgan fingerprint density at radius 1 is 0.659 bits per heavy atom. The summed E-state index contributed by atoms with van der Waals surface area (Å²) in [7, 11) is 0. The van der Waals surface area contributed by atoms with E-state index in [0.717, 1.165) is 11.1 Å². The van der Waals surface area contributed by atoms with Gasteiger partial charge in [-0.25, -0.2) is 14.4 Å². The number of hydrogen-bond donors (Lipinski definition) is 1. The number of amides is 4. The molecule has 0 saturated carbocycles. The van der Waals surface area contributed by atoms with Gasteiger partial charge >= 0.3 is 18.0 Å². The Morgan fingerprint density at radius 2 is 1.15 bits per heavy atom. The molecule has 8 heteroatoms. The molecule has 0 aliphatic carbocycles. The van der Waals surface area contributed by atoms with Crippen molar-refractivity contribution in [2.45, 2.75) is 6.04 Å². The van der Waals surface area contributed by atoms with Crippen molar-refractivity contribution in [3.05, 3.63) is 120 Å². The maximum absolute atomic E-state index is 14.2. The van der Waals surface area contributed by atoms with Crippen LogP contribution in [0.4, 0.5) is 32.3 Å². The third-order valence-electron chi connectivity index (χ3n) is 7.39. The number of carbonyl (C=O) groups excluding carboxylic acids is 2. The minimum absolute atomic E-state index is 0.0627. The van der Waals surface area contributed by atoms with Crippen LogP contribution < -0.4 is 9.80 Å². The fourth-order valence-electron chi connectivity index (χ4n) is 5.37. The Labute approximate surface area is 238 Å². The Bertz CT molecular complexity index is 1530. The number of nitrogens with zero attached hydrogens (tertiary/aromatic N) is 4. The van der Waals surface area contributed by atoms with Crippen LogP contribution in [0.2, 0.25) is 0 Å². The van der Waals surface area contributed by atoms with Gasteiger partial charge in [0.05, 0.1) is 29.3 Å². The van der Waals surface area contributed by atoms with E-state index in [1.165, 1.54) is 9.80 Å². The number of urea groups is 2. The third kappa shape index (κ3) is 4.91. The first kappa shape index (κ1) is 25.9. The summed E-state index contributed by atoms with van der Waals surface area (Å²) >= 11 is 0. The predicted molar refractivity (Wildman–Crippen MR) is 159 cm³/mol. The first-order valence-electron chi connectivity index (χ1n) is 13.4. The van der Waals surface area contributed by atoms with Crippen molar-refractivity contribution in [1.29, 1.82) is 0 Å². The molecule has 1 atom stereocenters. The number of carbonyl (C=O) groups is 3. The summed E-state index contributed by atoms with van der Waals surface area (Å²) < 4.78 is 0. The molecule has 4 amide bonds. The Morgan fingerprint density at radius 3 is 1.66 bits per heavy atom. The average molecular weight is 545 g/mol. The molecule has 8 nitrogen and oxygen atoms in total. The largest absolute Gasteiger partial charge is 0.480 e. The maximum atomic E-state index is 14.2. The lowest BCUT2D eigenvalue weighted by atomic mass is 10.1. The van der Waals surface area contributed by atoms with E-state index in [-0.39, 0.29) is 25.7 Å². The van der Waals surface area contributed by atoms with E-state index in [1.54, 1.807) is 9.80 Å². The van der Waals surface area contributed by atoms with Crippen LogP contribution in [0.1, 0.15) is 11.1 Å². The lowest BCUT2D eigenvalue weighted by Crippen LogP contribution is -2.62. The number of anilines is 4. The summed E-state index contributed by atoms with van der Waals surface area (Å²) in [6.07, 6.45) is 3.91. The van der Waals surface area contributed by atoms with Crippen molar-refractivity contribution in [3.8, 4) is 0 Å². The van der Waals surface area contributed by atoms with Gasteiger partial charge in [0.1, 0.15) is 6.04 Å². The molecule has 6 rings (SSSR count). The molecule has 0 radical (unpaired) electrons. The number of fused-ring (bicyclic) bond motifs is 2. The molecule has 41 heavy (non-hydrogen) atoms. The number of para-hydroxylation sites is 4. The molecule has 1 N–H and O–H groups in total. The van der Waals surface area contributed by atoms with Gasteiger partial charge < -0.3 is 14.9 Å². The van der Waals surface area contributed by atoms with Gasteiger partial charge in [0.15, 0.2) is 0 Å².